The Bertz CT molecular complexity index is 575. The first kappa shape index (κ1) is 20.7. The Morgan fingerprint density at radius 2 is 1.83 bits per heavy atom. The van der Waals surface area contributed by atoms with Crippen LogP contribution in [0.25, 0.3) is 6.08 Å². The Kier molecular flexibility index (Phi) is 9.47. The molecule has 0 amide bonds. The fourth-order valence-corrected chi connectivity index (χ4v) is 4.70. The molecule has 0 aromatic heterocycles. The van der Waals surface area contributed by atoms with Gasteiger partial charge in [-0.15, -0.1) is 23.5 Å². The van der Waals surface area contributed by atoms with Crippen LogP contribution < -0.4 is 39.6 Å². The largest absolute Gasteiger partial charge is 1.00 e. The predicted molar refractivity (Wildman–Crippen MR) is 96.0 cm³/mol. The van der Waals surface area contributed by atoms with Crippen molar-refractivity contribution in [3.05, 3.63) is 45.7 Å². The molecule has 1 aromatic rings. The molecule has 0 saturated carbocycles. The number of thioether (sulfide) groups is 2. The molecule has 0 radical (unpaired) electrons. The number of carbonyl (C=O) groups excluding carboxylic acids is 1. The van der Waals surface area contributed by atoms with Crippen molar-refractivity contribution in [3.8, 4) is 0 Å². The maximum Gasteiger partial charge on any atom is 1.00 e. The van der Waals surface area contributed by atoms with E-state index in [1.807, 2.05) is 55.4 Å². The number of aliphatic carboxylic acids is 1. The summed E-state index contributed by atoms with van der Waals surface area (Å²) in [6.07, 6.45) is 5.40. The average Bonchev–Trinajstić information content (AvgIpc) is 2.52. The van der Waals surface area contributed by atoms with Crippen LogP contribution in [0.3, 0.4) is 0 Å². The van der Waals surface area contributed by atoms with E-state index in [-0.39, 0.29) is 29.6 Å². The van der Waals surface area contributed by atoms with E-state index in [9.17, 15) is 9.90 Å². The molecule has 1 fully saturated rings. The molecule has 0 N–H and O–H groups in total. The van der Waals surface area contributed by atoms with Crippen molar-refractivity contribution < 1.29 is 39.5 Å². The molecule has 0 unspecified atom stereocenters. The van der Waals surface area contributed by atoms with E-state index in [0.717, 1.165) is 33.4 Å². The average molecular weight is 357 g/mol. The zero-order valence-electron chi connectivity index (χ0n) is 13.9. The summed E-state index contributed by atoms with van der Waals surface area (Å²) in [4.78, 5) is 13.4. The maximum atomic E-state index is 11.3. The number of rotatable bonds is 5. The number of carboxylic acid groups (broad SMARTS) is 1. The molecule has 3 nitrogen and oxygen atoms in total. The number of hydrogen-bond donors (Lipinski definition) is 0. The third-order valence-electron chi connectivity index (χ3n) is 3.29. The number of nitrogens with zero attached hydrogens (tertiary/aromatic N) is 1. The second-order valence-corrected chi connectivity index (χ2v) is 7.67. The van der Waals surface area contributed by atoms with Crippen molar-refractivity contribution in [2.24, 2.45) is 0 Å². The molecule has 6 heteroatoms. The summed E-state index contributed by atoms with van der Waals surface area (Å²) in [6, 6.07) is 8.15. The van der Waals surface area contributed by atoms with Crippen LogP contribution >= 0.6 is 23.5 Å². The summed E-state index contributed by atoms with van der Waals surface area (Å²) in [5.74, 6) is 0.938. The molecule has 0 aliphatic carbocycles. The van der Waals surface area contributed by atoms with Crippen molar-refractivity contribution in [2.45, 2.75) is 12.8 Å². The van der Waals surface area contributed by atoms with E-state index in [0.29, 0.717) is 12.0 Å². The van der Waals surface area contributed by atoms with Crippen molar-refractivity contribution in [3.63, 3.8) is 0 Å². The van der Waals surface area contributed by atoms with Crippen LogP contribution in [0.2, 0.25) is 0 Å². The van der Waals surface area contributed by atoms with Crippen LogP contribution in [0.15, 0.2) is 40.2 Å². The van der Waals surface area contributed by atoms with Gasteiger partial charge in [0, 0.05) is 24.0 Å². The number of benzene rings is 1. The third-order valence-corrected chi connectivity index (χ3v) is 6.00. The van der Waals surface area contributed by atoms with Crippen LogP contribution in [-0.2, 0) is 4.79 Å². The van der Waals surface area contributed by atoms with Crippen molar-refractivity contribution in [2.75, 3.05) is 30.5 Å². The molecule has 118 valence electrons. The fourth-order valence-electron chi connectivity index (χ4n) is 2.05. The molecule has 0 spiro atoms. The topological polar surface area (TPSA) is 43.4 Å². The van der Waals surface area contributed by atoms with Crippen LogP contribution in [0, 0.1) is 0 Å². The van der Waals surface area contributed by atoms with Crippen LogP contribution in [0.5, 0.6) is 0 Å². The first-order valence-corrected chi connectivity index (χ1v) is 9.19. The number of carboxylic acids is 1. The smallest absolute Gasteiger partial charge is 0.545 e. The maximum absolute atomic E-state index is 11.3. The van der Waals surface area contributed by atoms with Crippen molar-refractivity contribution in [1.29, 1.82) is 0 Å². The van der Waals surface area contributed by atoms with E-state index in [1.54, 1.807) is 23.5 Å². The van der Waals surface area contributed by atoms with Gasteiger partial charge in [0.15, 0.2) is 0 Å². The second kappa shape index (κ2) is 10.5. The summed E-state index contributed by atoms with van der Waals surface area (Å²) in [5.41, 5.74) is 2.62. The summed E-state index contributed by atoms with van der Waals surface area (Å²) >= 11 is 3.27. The summed E-state index contributed by atoms with van der Waals surface area (Å²) in [6.45, 7) is 0. The molecule has 2 rings (SSSR count). The van der Waals surface area contributed by atoms with Crippen LogP contribution in [-0.4, -0.2) is 31.6 Å². The molecular formula is C17H20NNaO2S2. The molecule has 1 aliphatic heterocycles. The first-order chi connectivity index (χ1) is 10.6. The Morgan fingerprint density at radius 1 is 1.22 bits per heavy atom. The van der Waals surface area contributed by atoms with Crippen molar-refractivity contribution >= 4 is 41.3 Å². The van der Waals surface area contributed by atoms with Gasteiger partial charge >= 0.3 is 29.6 Å². The summed E-state index contributed by atoms with van der Waals surface area (Å²) in [5, 5.41) is 11.3. The first-order valence-electron chi connectivity index (χ1n) is 7.22. The molecule has 23 heavy (non-hydrogen) atoms. The Balaban J connectivity index is 0.00000264. The second-order valence-electron chi connectivity index (χ2n) is 5.20. The van der Waals surface area contributed by atoms with Gasteiger partial charge in [0.25, 0.3) is 0 Å². The zero-order chi connectivity index (χ0) is 15.9. The monoisotopic (exact) mass is 357 g/mol. The Labute approximate surface area is 168 Å². The molecule has 1 aromatic carbocycles. The quantitative estimate of drug-likeness (QED) is 0.548. The van der Waals surface area contributed by atoms with Gasteiger partial charge in [-0.25, -0.2) is 0 Å². The molecule has 1 heterocycles. The van der Waals surface area contributed by atoms with Gasteiger partial charge in [0.05, 0.1) is 5.97 Å². The normalized spacial score (nSPS) is 14.4. The van der Waals surface area contributed by atoms with Gasteiger partial charge in [0.1, 0.15) is 0 Å². The van der Waals surface area contributed by atoms with Gasteiger partial charge in [-0.1, -0.05) is 24.3 Å². The van der Waals surface area contributed by atoms with Gasteiger partial charge < -0.3 is 14.8 Å². The zero-order valence-corrected chi connectivity index (χ0v) is 17.5. The third kappa shape index (κ3) is 6.59. The Hall–Kier alpha value is -0.330. The van der Waals surface area contributed by atoms with Gasteiger partial charge in [0.2, 0.25) is 0 Å². The standard InChI is InChI=1S/C17H21NO2S2.Na/c1-18(2)14-9-7-13(8-10-14)5-3-6-15(16(19)20)17-21-11-4-12-22-17;/h3,5,7-10H,4,6,11-12H2,1-2H3,(H,19,20);/q;+1/p-1/b5-3+;. The van der Waals surface area contributed by atoms with Crippen molar-refractivity contribution in [1.82, 2.24) is 0 Å². The van der Waals surface area contributed by atoms with Crippen LogP contribution in [0.4, 0.5) is 5.69 Å². The van der Waals surface area contributed by atoms with E-state index < -0.39 is 5.97 Å². The molecule has 0 bridgehead atoms. The number of carbonyl (C=O) groups is 1. The summed E-state index contributed by atoms with van der Waals surface area (Å²) in [7, 11) is 4.01. The summed E-state index contributed by atoms with van der Waals surface area (Å²) < 4.78 is 0.916. The van der Waals surface area contributed by atoms with Gasteiger partial charge in [-0.3, -0.25) is 0 Å². The van der Waals surface area contributed by atoms with E-state index in [1.165, 1.54) is 0 Å². The number of anilines is 1. The van der Waals surface area contributed by atoms with Crippen LogP contribution in [0.1, 0.15) is 18.4 Å². The van der Waals surface area contributed by atoms with E-state index >= 15 is 0 Å². The minimum absolute atomic E-state index is 0. The molecule has 0 atom stereocenters. The molecule has 1 saturated heterocycles. The minimum Gasteiger partial charge on any atom is -0.545 e. The van der Waals surface area contributed by atoms with Gasteiger partial charge in [-0.05, 0) is 47.6 Å². The number of allylic oxidation sites excluding steroid dienone is 1. The molecular weight excluding hydrogens is 337 g/mol. The SMILES string of the molecule is CN(C)c1ccc(/C=C/CC(C(=O)[O-])=C2SCCCS2)cc1.[Na+]. The Morgan fingerprint density at radius 3 is 2.35 bits per heavy atom. The van der Waals surface area contributed by atoms with E-state index in [4.69, 9.17) is 0 Å². The number of hydrogen-bond acceptors (Lipinski definition) is 5. The minimum atomic E-state index is -1.05. The predicted octanol–water partition coefficient (Wildman–Crippen LogP) is -0.00850. The fraction of sp³-hybridized carbons (Fsp3) is 0.353. The van der Waals surface area contributed by atoms with Gasteiger partial charge in [-0.2, -0.15) is 0 Å². The van der Waals surface area contributed by atoms with E-state index in [2.05, 4.69) is 0 Å². The molecule has 1 aliphatic rings.